The second kappa shape index (κ2) is 8.53. The van der Waals surface area contributed by atoms with Crippen LogP contribution < -0.4 is 10.5 Å². The van der Waals surface area contributed by atoms with Crippen molar-refractivity contribution in [2.24, 2.45) is 11.7 Å². The summed E-state index contributed by atoms with van der Waals surface area (Å²) in [6.45, 7) is 3.00. The molecule has 1 aliphatic carbocycles. The molecule has 0 spiro atoms. The Morgan fingerprint density at radius 3 is 2.80 bits per heavy atom. The topological polar surface area (TPSA) is 35.2 Å². The van der Waals surface area contributed by atoms with Gasteiger partial charge in [0.2, 0.25) is 0 Å². The smallest absolute Gasteiger partial charge is 0.119 e. The second-order valence-corrected chi connectivity index (χ2v) is 7.41. The molecule has 2 aromatic rings. The van der Waals surface area contributed by atoms with Crippen molar-refractivity contribution in [2.45, 2.75) is 51.4 Å². The number of fused-ring (bicyclic) bond motifs is 1. The maximum Gasteiger partial charge on any atom is 0.119 e. The van der Waals surface area contributed by atoms with E-state index in [1.807, 2.05) is 6.07 Å². The van der Waals surface area contributed by atoms with E-state index in [0.29, 0.717) is 5.92 Å². The molecule has 2 aromatic carbocycles. The lowest BCUT2D eigenvalue weighted by atomic mass is 9.79. The van der Waals surface area contributed by atoms with Crippen molar-refractivity contribution in [3.05, 3.63) is 64.7 Å². The molecule has 0 aliphatic heterocycles. The van der Waals surface area contributed by atoms with Gasteiger partial charge in [0.15, 0.2) is 0 Å². The van der Waals surface area contributed by atoms with Gasteiger partial charge in [-0.25, -0.2) is 0 Å². The van der Waals surface area contributed by atoms with Crippen molar-refractivity contribution in [2.75, 3.05) is 13.7 Å². The zero-order chi connectivity index (χ0) is 17.6. The van der Waals surface area contributed by atoms with Gasteiger partial charge in [0.25, 0.3) is 0 Å². The number of hydrogen-bond donors (Lipinski definition) is 1. The average Bonchev–Trinajstić information content (AvgIpc) is 2.66. The van der Waals surface area contributed by atoms with E-state index in [-0.39, 0.29) is 0 Å². The van der Waals surface area contributed by atoms with Crippen LogP contribution in [0.3, 0.4) is 0 Å². The number of aryl methyl sites for hydroxylation is 1. The van der Waals surface area contributed by atoms with Crippen LogP contribution in [0.4, 0.5) is 0 Å². The quantitative estimate of drug-likeness (QED) is 0.781. The predicted octanol–water partition coefficient (Wildman–Crippen LogP) is 4.89. The molecule has 1 aliphatic rings. The van der Waals surface area contributed by atoms with E-state index in [4.69, 9.17) is 10.5 Å². The highest BCUT2D eigenvalue weighted by atomic mass is 16.5. The molecule has 0 heterocycles. The Morgan fingerprint density at radius 2 is 2.04 bits per heavy atom. The molecule has 0 fully saturated rings. The van der Waals surface area contributed by atoms with Crippen molar-refractivity contribution in [3.63, 3.8) is 0 Å². The molecule has 3 rings (SSSR count). The first-order valence-electron chi connectivity index (χ1n) is 9.68. The molecule has 2 N–H and O–H groups in total. The normalized spacial score (nSPS) is 17.8. The Morgan fingerprint density at radius 1 is 1.16 bits per heavy atom. The highest BCUT2D eigenvalue weighted by molar-refractivity contribution is 5.36. The van der Waals surface area contributed by atoms with Crippen LogP contribution in [0.1, 0.15) is 54.4 Å². The Hall–Kier alpha value is -1.80. The minimum atomic E-state index is 0.518. The molecule has 0 saturated heterocycles. The molecule has 2 heteroatoms. The summed E-state index contributed by atoms with van der Waals surface area (Å²) < 4.78 is 5.36. The van der Waals surface area contributed by atoms with Gasteiger partial charge in [-0.05, 0) is 84.9 Å². The molecule has 0 bridgehead atoms. The van der Waals surface area contributed by atoms with E-state index in [0.717, 1.165) is 24.6 Å². The van der Waals surface area contributed by atoms with E-state index in [1.165, 1.54) is 48.8 Å². The van der Waals surface area contributed by atoms with Crippen LogP contribution in [0, 0.1) is 5.92 Å². The highest BCUT2D eigenvalue weighted by Gasteiger charge is 2.20. The molecule has 0 saturated carbocycles. The summed E-state index contributed by atoms with van der Waals surface area (Å²) in [5, 5.41) is 0. The first-order valence-corrected chi connectivity index (χ1v) is 9.68. The predicted molar refractivity (Wildman–Crippen MR) is 105 cm³/mol. The maximum atomic E-state index is 5.99. The van der Waals surface area contributed by atoms with Crippen LogP contribution in [0.5, 0.6) is 5.75 Å². The summed E-state index contributed by atoms with van der Waals surface area (Å²) >= 11 is 0. The fourth-order valence-corrected chi connectivity index (χ4v) is 4.18. The Balaban J connectivity index is 1.69. The largest absolute Gasteiger partial charge is 0.497 e. The summed E-state index contributed by atoms with van der Waals surface area (Å²) in [7, 11) is 1.74. The fourth-order valence-electron chi connectivity index (χ4n) is 4.18. The number of hydrogen-bond acceptors (Lipinski definition) is 2. The zero-order valence-electron chi connectivity index (χ0n) is 15.6. The summed E-state index contributed by atoms with van der Waals surface area (Å²) in [6.07, 6.45) is 7.18. The molecular formula is C23H31NO. The molecule has 134 valence electrons. The van der Waals surface area contributed by atoms with Gasteiger partial charge in [0, 0.05) is 0 Å². The van der Waals surface area contributed by atoms with Gasteiger partial charge in [-0.1, -0.05) is 43.7 Å². The van der Waals surface area contributed by atoms with Gasteiger partial charge >= 0.3 is 0 Å². The molecule has 0 amide bonds. The van der Waals surface area contributed by atoms with Gasteiger partial charge in [0.1, 0.15) is 5.75 Å². The number of benzene rings is 2. The second-order valence-electron chi connectivity index (χ2n) is 7.41. The third kappa shape index (κ3) is 4.43. The third-order valence-corrected chi connectivity index (χ3v) is 5.61. The summed E-state index contributed by atoms with van der Waals surface area (Å²) in [5.41, 5.74) is 11.9. The maximum absolute atomic E-state index is 5.99. The Bertz CT molecular complexity index is 694. The Labute approximate surface area is 152 Å². The molecule has 0 aromatic heterocycles. The molecule has 2 nitrogen and oxygen atoms in total. The number of ether oxygens (including phenoxy) is 1. The lowest BCUT2D eigenvalue weighted by molar-refractivity contribution is 0.412. The van der Waals surface area contributed by atoms with E-state index < -0.39 is 0 Å². The van der Waals surface area contributed by atoms with E-state index in [1.54, 1.807) is 12.7 Å². The lowest BCUT2D eigenvalue weighted by Crippen LogP contribution is -2.18. The summed E-state index contributed by atoms with van der Waals surface area (Å²) in [5.74, 6) is 2.21. The number of rotatable bonds is 7. The van der Waals surface area contributed by atoms with Crippen molar-refractivity contribution in [1.82, 2.24) is 0 Å². The van der Waals surface area contributed by atoms with Crippen molar-refractivity contribution >= 4 is 0 Å². The van der Waals surface area contributed by atoms with Gasteiger partial charge in [0.05, 0.1) is 7.11 Å². The monoisotopic (exact) mass is 337 g/mol. The molecule has 25 heavy (non-hydrogen) atoms. The first kappa shape index (κ1) is 18.0. The minimum Gasteiger partial charge on any atom is -0.497 e. The lowest BCUT2D eigenvalue weighted by Gasteiger charge is -2.26. The van der Waals surface area contributed by atoms with Gasteiger partial charge in [-0.2, -0.15) is 0 Å². The van der Waals surface area contributed by atoms with Crippen LogP contribution in [0.15, 0.2) is 42.5 Å². The van der Waals surface area contributed by atoms with Gasteiger partial charge in [-0.15, -0.1) is 0 Å². The average molecular weight is 338 g/mol. The molecule has 2 atom stereocenters. The Kier molecular flexibility index (Phi) is 6.14. The van der Waals surface area contributed by atoms with Crippen LogP contribution in [0.25, 0.3) is 0 Å². The highest BCUT2D eigenvalue weighted by Crippen LogP contribution is 2.31. The van der Waals surface area contributed by atoms with Crippen molar-refractivity contribution < 1.29 is 4.74 Å². The molecule has 2 unspecified atom stereocenters. The minimum absolute atomic E-state index is 0.518. The van der Waals surface area contributed by atoms with Gasteiger partial charge in [-0.3, -0.25) is 0 Å². The van der Waals surface area contributed by atoms with Crippen LogP contribution in [0.2, 0.25) is 0 Å². The van der Waals surface area contributed by atoms with Gasteiger partial charge < -0.3 is 10.5 Å². The van der Waals surface area contributed by atoms with E-state index in [2.05, 4.69) is 43.3 Å². The van der Waals surface area contributed by atoms with E-state index >= 15 is 0 Å². The summed E-state index contributed by atoms with van der Waals surface area (Å²) in [4.78, 5) is 0. The van der Waals surface area contributed by atoms with Crippen LogP contribution in [-0.4, -0.2) is 13.7 Å². The van der Waals surface area contributed by atoms with Crippen LogP contribution >= 0.6 is 0 Å². The fraction of sp³-hybridized carbons (Fsp3) is 0.478. The zero-order valence-corrected chi connectivity index (χ0v) is 15.6. The number of nitrogens with two attached hydrogens (primary N) is 1. The molecule has 0 radical (unpaired) electrons. The van der Waals surface area contributed by atoms with E-state index in [9.17, 15) is 0 Å². The number of methoxy groups -OCH3 is 1. The summed E-state index contributed by atoms with van der Waals surface area (Å²) in [6, 6.07) is 15.6. The standard InChI is InChI=1S/C23H31NO/c1-3-5-22(16-24)21-11-10-19-13-18(8-9-20(19)15-21)12-17-6-4-7-23(14-17)25-2/h4,6-7,10-11,14-15,18,22H,3,5,8-9,12-13,16,24H2,1-2H3. The van der Waals surface area contributed by atoms with Crippen molar-refractivity contribution in [1.29, 1.82) is 0 Å². The molecular weight excluding hydrogens is 306 g/mol. The van der Waals surface area contributed by atoms with Crippen LogP contribution in [-0.2, 0) is 19.3 Å². The SMILES string of the molecule is CCCC(CN)c1ccc2c(c1)CCC(Cc1cccc(OC)c1)C2. The third-order valence-electron chi connectivity index (χ3n) is 5.61. The van der Waals surface area contributed by atoms with Crippen molar-refractivity contribution in [3.8, 4) is 5.75 Å². The first-order chi connectivity index (χ1) is 12.2.